The van der Waals surface area contributed by atoms with Gasteiger partial charge in [0.25, 0.3) is 0 Å². The van der Waals surface area contributed by atoms with E-state index in [1.807, 2.05) is 0 Å². The molecule has 0 aromatic heterocycles. The summed E-state index contributed by atoms with van der Waals surface area (Å²) < 4.78 is 69.0. The number of hydrogen-bond acceptors (Lipinski definition) is 15. The van der Waals surface area contributed by atoms with E-state index in [9.17, 15) is 43.2 Å². The summed E-state index contributed by atoms with van der Waals surface area (Å²) in [4.78, 5) is 73.3. The Bertz CT molecular complexity index is 2010. The zero-order valence-electron chi connectivity index (χ0n) is 69.6. The van der Waals surface area contributed by atoms with E-state index in [4.69, 9.17) is 37.0 Å². The van der Waals surface area contributed by atoms with Gasteiger partial charge in [0.1, 0.15) is 19.3 Å². The van der Waals surface area contributed by atoms with E-state index < -0.39 is 97.5 Å². The van der Waals surface area contributed by atoms with E-state index in [0.29, 0.717) is 25.7 Å². The number of rotatable bonds is 87. The zero-order chi connectivity index (χ0) is 77.6. The predicted octanol–water partition coefficient (Wildman–Crippen LogP) is 26.8. The smallest absolute Gasteiger partial charge is 0.462 e. The van der Waals surface area contributed by atoms with Crippen molar-refractivity contribution in [3.8, 4) is 0 Å². The third-order valence-corrected chi connectivity index (χ3v) is 22.4. The van der Waals surface area contributed by atoms with Gasteiger partial charge in [0, 0.05) is 25.7 Å². The summed E-state index contributed by atoms with van der Waals surface area (Å²) in [6.45, 7) is 7.41. The van der Waals surface area contributed by atoms with Crippen molar-refractivity contribution in [3.05, 3.63) is 0 Å². The molecule has 0 radical (unpaired) electrons. The molecule has 0 rings (SSSR count). The Morgan fingerprint density at radius 3 is 0.642 bits per heavy atom. The summed E-state index contributed by atoms with van der Waals surface area (Å²) in [5, 5.41) is 10.7. The number of ether oxygens (including phenoxy) is 4. The van der Waals surface area contributed by atoms with Gasteiger partial charge in [-0.3, -0.25) is 37.3 Å². The Hall–Kier alpha value is -1.94. The fourth-order valence-corrected chi connectivity index (χ4v) is 15.2. The van der Waals surface area contributed by atoms with E-state index in [1.54, 1.807) is 0 Å². The van der Waals surface area contributed by atoms with Crippen LogP contribution in [0, 0.1) is 5.92 Å². The normalized spacial score (nSPS) is 13.7. The first kappa shape index (κ1) is 104. The Morgan fingerprint density at radius 1 is 0.255 bits per heavy atom. The largest absolute Gasteiger partial charge is 0.472 e. The molecule has 0 aliphatic rings. The summed E-state index contributed by atoms with van der Waals surface area (Å²) in [5.41, 5.74) is 0. The fourth-order valence-electron chi connectivity index (χ4n) is 13.6. The number of aliphatic hydroxyl groups is 1. The lowest BCUT2D eigenvalue weighted by atomic mass is 10.0. The van der Waals surface area contributed by atoms with Gasteiger partial charge >= 0.3 is 39.5 Å². The van der Waals surface area contributed by atoms with Gasteiger partial charge in [-0.05, 0) is 31.6 Å². The van der Waals surface area contributed by atoms with Crippen molar-refractivity contribution in [1.82, 2.24) is 0 Å². The van der Waals surface area contributed by atoms with Crippen LogP contribution in [0.25, 0.3) is 0 Å². The fraction of sp³-hybridized carbons (Fsp3) is 0.954. The predicted molar refractivity (Wildman–Crippen MR) is 437 cm³/mol. The van der Waals surface area contributed by atoms with Crippen LogP contribution in [-0.2, 0) is 65.4 Å². The number of phosphoric acid groups is 2. The number of carbonyl (C=O) groups is 4. The second-order valence-electron chi connectivity index (χ2n) is 31.8. The molecule has 19 heteroatoms. The Kier molecular flexibility index (Phi) is 78.2. The molecular formula is C87H170O17P2. The lowest BCUT2D eigenvalue weighted by Crippen LogP contribution is -2.30. The van der Waals surface area contributed by atoms with Crippen LogP contribution < -0.4 is 0 Å². The van der Waals surface area contributed by atoms with Crippen LogP contribution in [0.4, 0.5) is 0 Å². The summed E-state index contributed by atoms with van der Waals surface area (Å²) in [6, 6.07) is 0. The summed E-state index contributed by atoms with van der Waals surface area (Å²) in [7, 11) is -9.93. The van der Waals surface area contributed by atoms with Crippen molar-refractivity contribution < 1.29 is 80.2 Å². The van der Waals surface area contributed by atoms with Gasteiger partial charge in [-0.25, -0.2) is 9.13 Å². The maximum absolute atomic E-state index is 13.2. The molecular weight excluding hydrogens is 1380 g/mol. The van der Waals surface area contributed by atoms with Crippen LogP contribution in [0.2, 0.25) is 0 Å². The highest BCUT2D eigenvalue weighted by molar-refractivity contribution is 7.47. The van der Waals surface area contributed by atoms with Crippen LogP contribution in [0.1, 0.15) is 471 Å². The highest BCUT2D eigenvalue weighted by Crippen LogP contribution is 2.45. The van der Waals surface area contributed by atoms with Gasteiger partial charge in [-0.15, -0.1) is 0 Å². The maximum atomic E-state index is 13.2. The molecule has 2 unspecified atom stereocenters. The minimum Gasteiger partial charge on any atom is -0.462 e. The first-order valence-corrected chi connectivity index (χ1v) is 48.1. The Morgan fingerprint density at radius 2 is 0.434 bits per heavy atom. The van der Waals surface area contributed by atoms with Crippen LogP contribution in [0.5, 0.6) is 0 Å². The highest BCUT2D eigenvalue weighted by Gasteiger charge is 2.30. The molecule has 0 fully saturated rings. The average molecular weight is 1550 g/mol. The molecule has 0 aromatic carbocycles. The molecule has 0 aliphatic carbocycles. The molecule has 106 heavy (non-hydrogen) atoms. The van der Waals surface area contributed by atoms with Crippen molar-refractivity contribution in [2.75, 3.05) is 39.6 Å². The number of phosphoric ester groups is 2. The van der Waals surface area contributed by atoms with Gasteiger partial charge in [0.2, 0.25) is 0 Å². The molecule has 0 aliphatic heterocycles. The molecule has 0 heterocycles. The number of esters is 4. The molecule has 0 saturated carbocycles. The topological polar surface area (TPSA) is 237 Å². The highest BCUT2D eigenvalue weighted by atomic mass is 31.2. The van der Waals surface area contributed by atoms with Gasteiger partial charge in [-0.1, -0.05) is 420 Å². The van der Waals surface area contributed by atoms with Crippen LogP contribution >= 0.6 is 15.6 Å². The van der Waals surface area contributed by atoms with Crippen molar-refractivity contribution in [2.45, 2.75) is 490 Å². The van der Waals surface area contributed by atoms with E-state index in [1.165, 1.54) is 295 Å². The molecule has 17 nitrogen and oxygen atoms in total. The monoisotopic (exact) mass is 1550 g/mol. The zero-order valence-corrected chi connectivity index (χ0v) is 71.4. The van der Waals surface area contributed by atoms with E-state index in [-0.39, 0.29) is 25.7 Å². The van der Waals surface area contributed by atoms with Gasteiger partial charge in [0.05, 0.1) is 26.4 Å². The number of hydrogen-bond donors (Lipinski definition) is 3. The summed E-state index contributed by atoms with van der Waals surface area (Å²) in [6.07, 6.45) is 73.5. The third kappa shape index (κ3) is 80.1. The second kappa shape index (κ2) is 79.7. The van der Waals surface area contributed by atoms with Crippen LogP contribution in [0.3, 0.4) is 0 Å². The van der Waals surface area contributed by atoms with Crippen molar-refractivity contribution in [1.29, 1.82) is 0 Å². The first-order chi connectivity index (χ1) is 51.5. The number of carbonyl (C=O) groups excluding carboxylic acids is 4. The minimum absolute atomic E-state index is 0.109. The molecule has 0 spiro atoms. The van der Waals surface area contributed by atoms with E-state index >= 15 is 0 Å². The van der Waals surface area contributed by atoms with E-state index in [2.05, 4.69) is 34.6 Å². The van der Waals surface area contributed by atoms with E-state index in [0.717, 1.165) is 95.8 Å². The third-order valence-electron chi connectivity index (χ3n) is 20.5. The average Bonchev–Trinajstić information content (AvgIpc) is 0.909. The summed E-state index contributed by atoms with van der Waals surface area (Å²) in [5.74, 6) is -1.28. The lowest BCUT2D eigenvalue weighted by Gasteiger charge is -2.21. The molecule has 5 atom stereocenters. The summed E-state index contributed by atoms with van der Waals surface area (Å²) >= 11 is 0. The van der Waals surface area contributed by atoms with Gasteiger partial charge < -0.3 is 33.8 Å². The molecule has 0 amide bonds. The maximum Gasteiger partial charge on any atom is 0.472 e. The molecule has 630 valence electrons. The number of unbranched alkanes of at least 4 members (excludes halogenated alkanes) is 59. The quantitative estimate of drug-likeness (QED) is 0.0222. The molecule has 0 aromatic rings. The Balaban J connectivity index is 5.25. The lowest BCUT2D eigenvalue weighted by molar-refractivity contribution is -0.161. The van der Waals surface area contributed by atoms with Crippen molar-refractivity contribution in [2.24, 2.45) is 5.92 Å². The van der Waals surface area contributed by atoms with Crippen molar-refractivity contribution >= 4 is 39.5 Å². The number of aliphatic hydroxyl groups excluding tert-OH is 1. The van der Waals surface area contributed by atoms with Gasteiger partial charge in [-0.2, -0.15) is 0 Å². The molecule has 0 bridgehead atoms. The standard InChI is InChI=1S/C87H170O17P2/c1-6-9-12-15-18-21-24-27-29-30-31-32-33-38-43-48-53-58-63-68-73-87(92)104-83(77-98-85(90)71-66-61-56-51-46-42-37-35-34-36-40-44-49-54-59-64-69-80(4)5)79-102-106(95,96)100-75-81(88)74-99-105(93,94)101-78-82(76-97-84(89)70-65-60-55-50-45-39-26-23-20-17-14-11-8-3)103-86(91)72-67-62-57-52-47-41-28-25-22-19-16-13-10-7-2/h80-83,88H,6-79H2,1-5H3,(H,93,94)(H,95,96)/t81-,82+,83+/m0/s1. The molecule has 3 N–H and O–H groups in total. The van der Waals surface area contributed by atoms with Crippen molar-refractivity contribution in [3.63, 3.8) is 0 Å². The van der Waals surface area contributed by atoms with Crippen LogP contribution in [0.15, 0.2) is 0 Å². The minimum atomic E-state index is -4.97. The second-order valence-corrected chi connectivity index (χ2v) is 34.7. The SMILES string of the molecule is CCCCCCCCCCCCCCCCCCCCCCC(=O)O[C@H](COC(=O)CCCCCCCCCCCCCCCCCCC(C)C)COP(=O)(O)OC[C@@H](O)COP(=O)(O)OC[C@@H](COC(=O)CCCCCCCCCCCCCCC)OC(=O)CCCCCCCCCCCCCCCC. The van der Waals surface area contributed by atoms with Crippen LogP contribution in [-0.4, -0.2) is 96.7 Å². The first-order valence-electron chi connectivity index (χ1n) is 45.1. The Labute approximate surface area is 651 Å². The van der Waals surface area contributed by atoms with Gasteiger partial charge in [0.15, 0.2) is 12.2 Å². The molecule has 0 saturated heterocycles.